The van der Waals surface area contributed by atoms with E-state index in [1.807, 2.05) is 6.20 Å². The van der Waals surface area contributed by atoms with Crippen LogP contribution in [0.4, 0.5) is 5.82 Å². The molecule has 1 aromatic heterocycles. The number of aliphatic hydroxyl groups excluding tert-OH is 1. The van der Waals surface area contributed by atoms with Crippen molar-refractivity contribution in [2.75, 3.05) is 25.0 Å². The Morgan fingerprint density at radius 2 is 2.37 bits per heavy atom. The molecule has 4 nitrogen and oxygen atoms in total. The number of nitrogens with one attached hydrogen (secondary N) is 1. The van der Waals surface area contributed by atoms with Gasteiger partial charge in [0.1, 0.15) is 5.82 Å². The summed E-state index contributed by atoms with van der Waals surface area (Å²) >= 11 is 0. The Balaban J connectivity index is 1.99. The molecule has 2 N–H and O–H groups in total. The van der Waals surface area contributed by atoms with Crippen LogP contribution in [0.1, 0.15) is 38.2 Å². The maximum atomic E-state index is 9.17. The van der Waals surface area contributed by atoms with Gasteiger partial charge in [0.2, 0.25) is 0 Å². The van der Waals surface area contributed by atoms with Gasteiger partial charge >= 0.3 is 0 Å². The van der Waals surface area contributed by atoms with Crippen LogP contribution in [-0.2, 0) is 6.54 Å². The first-order valence-corrected chi connectivity index (χ1v) is 7.37. The van der Waals surface area contributed by atoms with Gasteiger partial charge in [-0.25, -0.2) is 4.98 Å². The summed E-state index contributed by atoms with van der Waals surface area (Å²) in [5.74, 6) is 0.954. The van der Waals surface area contributed by atoms with Gasteiger partial charge in [-0.15, -0.1) is 0 Å². The number of likely N-dealkylation sites (tertiary alicyclic amines) is 1. The van der Waals surface area contributed by atoms with E-state index in [1.54, 1.807) is 0 Å². The molecule has 1 aromatic rings. The number of nitrogens with zero attached hydrogens (tertiary/aromatic N) is 2. The third kappa shape index (κ3) is 4.18. The number of aromatic nitrogens is 1. The Morgan fingerprint density at radius 1 is 1.47 bits per heavy atom. The molecule has 0 bridgehead atoms. The third-order valence-electron chi connectivity index (χ3n) is 3.78. The second-order valence-corrected chi connectivity index (χ2v) is 5.21. The standard InChI is InChI=1S/C15H25N3O/c1-2-16-15-11-13(6-8-17-15)12-18-9-4-3-5-14(18)7-10-19/h6,8,11,14,19H,2-5,7,9-10,12H2,1H3,(H,16,17). The molecule has 0 spiro atoms. The highest BCUT2D eigenvalue weighted by molar-refractivity contribution is 5.37. The van der Waals surface area contributed by atoms with E-state index in [0.29, 0.717) is 12.6 Å². The van der Waals surface area contributed by atoms with Gasteiger partial charge in [0, 0.05) is 31.9 Å². The number of hydrogen-bond donors (Lipinski definition) is 2. The van der Waals surface area contributed by atoms with Crippen LogP contribution in [0.5, 0.6) is 0 Å². The molecule has 1 aliphatic rings. The van der Waals surface area contributed by atoms with E-state index in [0.717, 1.165) is 31.9 Å². The fourth-order valence-electron chi connectivity index (χ4n) is 2.83. The molecule has 4 heteroatoms. The summed E-state index contributed by atoms with van der Waals surface area (Å²) in [4.78, 5) is 6.81. The van der Waals surface area contributed by atoms with Crippen LogP contribution in [0.2, 0.25) is 0 Å². The average Bonchev–Trinajstić information content (AvgIpc) is 2.42. The van der Waals surface area contributed by atoms with Crippen molar-refractivity contribution in [3.8, 4) is 0 Å². The number of aliphatic hydroxyl groups is 1. The molecule has 19 heavy (non-hydrogen) atoms. The molecule has 0 saturated carbocycles. The summed E-state index contributed by atoms with van der Waals surface area (Å²) in [5.41, 5.74) is 1.30. The van der Waals surface area contributed by atoms with Gasteiger partial charge < -0.3 is 10.4 Å². The molecule has 0 radical (unpaired) electrons. The first kappa shape index (κ1) is 14.3. The second kappa shape index (κ2) is 7.46. The maximum Gasteiger partial charge on any atom is 0.126 e. The molecular weight excluding hydrogens is 238 g/mol. The SMILES string of the molecule is CCNc1cc(CN2CCCCC2CCO)ccn1. The summed E-state index contributed by atoms with van der Waals surface area (Å²) < 4.78 is 0. The van der Waals surface area contributed by atoms with Crippen molar-refractivity contribution in [2.45, 2.75) is 45.2 Å². The molecule has 1 fully saturated rings. The van der Waals surface area contributed by atoms with Gasteiger partial charge in [-0.2, -0.15) is 0 Å². The third-order valence-corrected chi connectivity index (χ3v) is 3.78. The van der Waals surface area contributed by atoms with Crippen molar-refractivity contribution in [3.63, 3.8) is 0 Å². The lowest BCUT2D eigenvalue weighted by molar-refractivity contribution is 0.112. The summed E-state index contributed by atoms with van der Waals surface area (Å²) in [6.07, 6.45) is 6.54. The molecule has 2 heterocycles. The minimum Gasteiger partial charge on any atom is -0.396 e. The molecular formula is C15H25N3O. The van der Waals surface area contributed by atoms with Crippen LogP contribution in [0, 0.1) is 0 Å². The molecule has 1 saturated heterocycles. The minimum absolute atomic E-state index is 0.292. The zero-order valence-electron chi connectivity index (χ0n) is 11.8. The fraction of sp³-hybridized carbons (Fsp3) is 0.667. The van der Waals surface area contributed by atoms with Gasteiger partial charge in [0.15, 0.2) is 0 Å². The maximum absolute atomic E-state index is 9.17. The predicted octanol–water partition coefficient (Wildman–Crippen LogP) is 2.25. The topological polar surface area (TPSA) is 48.4 Å². The summed E-state index contributed by atoms with van der Waals surface area (Å²) in [7, 11) is 0. The number of anilines is 1. The van der Waals surface area contributed by atoms with Crippen LogP contribution in [0.25, 0.3) is 0 Å². The van der Waals surface area contributed by atoms with E-state index >= 15 is 0 Å². The first-order chi connectivity index (χ1) is 9.33. The van der Waals surface area contributed by atoms with Crippen molar-refractivity contribution in [3.05, 3.63) is 23.9 Å². The molecule has 1 aliphatic heterocycles. The molecule has 0 aliphatic carbocycles. The second-order valence-electron chi connectivity index (χ2n) is 5.21. The fourth-order valence-corrected chi connectivity index (χ4v) is 2.83. The quantitative estimate of drug-likeness (QED) is 0.826. The predicted molar refractivity (Wildman–Crippen MR) is 78.2 cm³/mol. The zero-order chi connectivity index (χ0) is 13.5. The lowest BCUT2D eigenvalue weighted by atomic mass is 9.99. The highest BCUT2D eigenvalue weighted by Gasteiger charge is 2.21. The lowest BCUT2D eigenvalue weighted by Crippen LogP contribution is -2.39. The van der Waals surface area contributed by atoms with Gasteiger partial charge in [-0.3, -0.25) is 4.90 Å². The Hall–Kier alpha value is -1.13. The Morgan fingerprint density at radius 3 is 3.16 bits per heavy atom. The van der Waals surface area contributed by atoms with Crippen LogP contribution >= 0.6 is 0 Å². The van der Waals surface area contributed by atoms with Crippen LogP contribution in [-0.4, -0.2) is 40.7 Å². The average molecular weight is 263 g/mol. The summed E-state index contributed by atoms with van der Waals surface area (Å²) in [5, 5.41) is 12.4. The van der Waals surface area contributed by atoms with E-state index in [4.69, 9.17) is 5.11 Å². The molecule has 0 aromatic carbocycles. The van der Waals surface area contributed by atoms with E-state index < -0.39 is 0 Å². The number of hydrogen-bond acceptors (Lipinski definition) is 4. The van der Waals surface area contributed by atoms with Crippen molar-refractivity contribution >= 4 is 5.82 Å². The smallest absolute Gasteiger partial charge is 0.126 e. The Kier molecular flexibility index (Phi) is 5.61. The molecule has 1 unspecified atom stereocenters. The van der Waals surface area contributed by atoms with Crippen molar-refractivity contribution in [1.82, 2.24) is 9.88 Å². The first-order valence-electron chi connectivity index (χ1n) is 7.37. The van der Waals surface area contributed by atoms with Crippen molar-refractivity contribution in [1.29, 1.82) is 0 Å². The van der Waals surface area contributed by atoms with E-state index in [9.17, 15) is 0 Å². The Bertz CT molecular complexity index is 381. The van der Waals surface area contributed by atoms with Crippen molar-refractivity contribution in [2.24, 2.45) is 0 Å². The van der Waals surface area contributed by atoms with E-state index in [2.05, 4.69) is 34.3 Å². The molecule has 1 atom stereocenters. The molecule has 2 rings (SSSR count). The Labute approximate surface area is 115 Å². The normalized spacial score (nSPS) is 20.4. The van der Waals surface area contributed by atoms with Crippen LogP contribution < -0.4 is 5.32 Å². The monoisotopic (exact) mass is 263 g/mol. The zero-order valence-corrected chi connectivity index (χ0v) is 11.8. The lowest BCUT2D eigenvalue weighted by Gasteiger charge is -2.35. The number of piperidine rings is 1. The van der Waals surface area contributed by atoms with Gasteiger partial charge in [-0.05, 0) is 50.4 Å². The van der Waals surface area contributed by atoms with Crippen LogP contribution in [0.3, 0.4) is 0 Å². The number of rotatable bonds is 6. The molecule has 0 amide bonds. The minimum atomic E-state index is 0.292. The highest BCUT2D eigenvalue weighted by atomic mass is 16.3. The summed E-state index contributed by atoms with van der Waals surface area (Å²) in [6.45, 7) is 5.37. The molecule has 106 valence electrons. The number of pyridine rings is 1. The van der Waals surface area contributed by atoms with Gasteiger partial charge in [0.05, 0.1) is 0 Å². The van der Waals surface area contributed by atoms with Gasteiger partial charge in [-0.1, -0.05) is 6.42 Å². The van der Waals surface area contributed by atoms with Crippen LogP contribution in [0.15, 0.2) is 18.3 Å². The van der Waals surface area contributed by atoms with Crippen molar-refractivity contribution < 1.29 is 5.11 Å². The largest absolute Gasteiger partial charge is 0.396 e. The van der Waals surface area contributed by atoms with E-state index in [1.165, 1.54) is 24.8 Å². The van der Waals surface area contributed by atoms with Gasteiger partial charge in [0.25, 0.3) is 0 Å². The summed E-state index contributed by atoms with van der Waals surface area (Å²) in [6, 6.07) is 4.76. The highest BCUT2D eigenvalue weighted by Crippen LogP contribution is 2.22. The van der Waals surface area contributed by atoms with E-state index in [-0.39, 0.29) is 0 Å².